The van der Waals surface area contributed by atoms with Gasteiger partial charge in [-0.25, -0.2) is 8.78 Å². The summed E-state index contributed by atoms with van der Waals surface area (Å²) in [5.74, 6) is -0.999. The molecule has 1 aromatic rings. The Balaban J connectivity index is 1.91. The molecule has 0 bridgehead atoms. The summed E-state index contributed by atoms with van der Waals surface area (Å²) >= 11 is 0. The number of carbonyl (C=O) groups excluding carboxylic acids is 1. The maximum atomic E-state index is 13.0. The van der Waals surface area contributed by atoms with Crippen molar-refractivity contribution in [3.63, 3.8) is 0 Å². The van der Waals surface area contributed by atoms with Crippen LogP contribution in [0.1, 0.15) is 24.8 Å². The number of benzene rings is 1. The fourth-order valence-electron chi connectivity index (χ4n) is 2.57. The Morgan fingerprint density at radius 3 is 2.43 bits per heavy atom. The number of carbonyl (C=O) groups is 1. The van der Waals surface area contributed by atoms with Gasteiger partial charge in [0.2, 0.25) is 5.91 Å². The average Bonchev–Trinajstić information content (AvgIpc) is 2.45. The lowest BCUT2D eigenvalue weighted by molar-refractivity contribution is -0.127. The Kier molecular flexibility index (Phi) is 5.44. The maximum absolute atomic E-state index is 13.0. The number of aliphatic hydroxyl groups excluding tert-OH is 1. The summed E-state index contributed by atoms with van der Waals surface area (Å²) in [6, 6.07) is 3.16. The first-order valence-corrected chi connectivity index (χ1v) is 7.12. The fourth-order valence-corrected chi connectivity index (χ4v) is 2.57. The van der Waals surface area contributed by atoms with Crippen molar-refractivity contribution in [1.82, 2.24) is 4.90 Å². The number of aliphatic hydroxyl groups is 1. The van der Waals surface area contributed by atoms with Gasteiger partial charge in [0, 0.05) is 31.8 Å². The van der Waals surface area contributed by atoms with Gasteiger partial charge in [0.05, 0.1) is 0 Å². The monoisotopic (exact) mass is 295 g/mol. The molecule has 0 saturated carbocycles. The van der Waals surface area contributed by atoms with E-state index in [2.05, 4.69) is 0 Å². The van der Waals surface area contributed by atoms with Crippen molar-refractivity contribution in [3.8, 4) is 0 Å². The molecule has 0 unspecified atom stereocenters. The van der Waals surface area contributed by atoms with Gasteiger partial charge in [-0.05, 0) is 49.0 Å². The van der Waals surface area contributed by atoms with Crippen LogP contribution in [-0.2, 0) is 4.79 Å². The Morgan fingerprint density at radius 1 is 1.24 bits per heavy atom. The lowest BCUT2D eigenvalue weighted by Gasteiger charge is -2.31. The smallest absolute Gasteiger partial charge is 0.246 e. The first-order chi connectivity index (χ1) is 10.1. The summed E-state index contributed by atoms with van der Waals surface area (Å²) < 4.78 is 26.1. The van der Waals surface area contributed by atoms with Crippen LogP contribution in [0.5, 0.6) is 0 Å². The molecule has 21 heavy (non-hydrogen) atoms. The van der Waals surface area contributed by atoms with Gasteiger partial charge in [-0.1, -0.05) is 0 Å². The zero-order valence-electron chi connectivity index (χ0n) is 11.8. The zero-order chi connectivity index (χ0) is 15.2. The van der Waals surface area contributed by atoms with E-state index >= 15 is 0 Å². The fraction of sp³-hybridized carbons (Fsp3) is 0.438. The summed E-state index contributed by atoms with van der Waals surface area (Å²) in [6.45, 7) is 1.50. The molecular weight excluding hydrogens is 276 g/mol. The molecule has 5 heteroatoms. The van der Waals surface area contributed by atoms with Gasteiger partial charge < -0.3 is 10.0 Å². The van der Waals surface area contributed by atoms with Crippen molar-refractivity contribution in [2.75, 3.05) is 19.7 Å². The van der Waals surface area contributed by atoms with E-state index in [0.717, 1.165) is 25.3 Å². The number of piperidine rings is 1. The zero-order valence-corrected chi connectivity index (χ0v) is 11.8. The lowest BCUT2D eigenvalue weighted by atomic mass is 9.94. The Hall–Kier alpha value is -1.75. The molecule has 114 valence electrons. The van der Waals surface area contributed by atoms with Crippen LogP contribution in [-0.4, -0.2) is 35.6 Å². The Bertz CT molecular complexity index is 503. The van der Waals surface area contributed by atoms with E-state index in [1.165, 1.54) is 24.3 Å². The molecule has 1 aliphatic heterocycles. The van der Waals surface area contributed by atoms with Gasteiger partial charge in [0.15, 0.2) is 0 Å². The third-order valence-electron chi connectivity index (χ3n) is 3.77. The van der Waals surface area contributed by atoms with Crippen LogP contribution in [0.25, 0.3) is 6.08 Å². The molecule has 0 radical (unpaired) electrons. The van der Waals surface area contributed by atoms with E-state index in [0.29, 0.717) is 24.6 Å². The van der Waals surface area contributed by atoms with E-state index in [9.17, 15) is 13.6 Å². The Morgan fingerprint density at radius 2 is 1.86 bits per heavy atom. The summed E-state index contributed by atoms with van der Waals surface area (Å²) in [6.07, 6.45) is 5.32. The lowest BCUT2D eigenvalue weighted by Crippen LogP contribution is -2.37. The van der Waals surface area contributed by atoms with Gasteiger partial charge in [-0.15, -0.1) is 0 Å². The number of hydrogen-bond acceptors (Lipinski definition) is 2. The minimum atomic E-state index is -0.660. The second-order valence-corrected chi connectivity index (χ2v) is 5.32. The summed E-state index contributed by atoms with van der Waals surface area (Å²) in [5, 5.41) is 8.90. The number of halogens is 2. The number of nitrogens with zero attached hydrogens (tertiary/aromatic N) is 1. The van der Waals surface area contributed by atoms with Crippen LogP contribution in [0.15, 0.2) is 24.3 Å². The molecule has 3 nitrogen and oxygen atoms in total. The predicted octanol–water partition coefficient (Wildman–Crippen LogP) is 2.60. The molecular formula is C16H19F2NO2. The van der Waals surface area contributed by atoms with Crippen molar-refractivity contribution in [3.05, 3.63) is 41.5 Å². The molecule has 1 saturated heterocycles. The molecule has 2 rings (SSSR count). The van der Waals surface area contributed by atoms with Crippen LogP contribution in [0, 0.1) is 17.6 Å². The molecule has 0 aliphatic carbocycles. The highest BCUT2D eigenvalue weighted by atomic mass is 19.1. The minimum absolute atomic E-state index is 0.151. The molecule has 1 N–H and O–H groups in total. The molecule has 0 atom stereocenters. The van der Waals surface area contributed by atoms with Gasteiger partial charge in [-0.3, -0.25) is 4.79 Å². The van der Waals surface area contributed by atoms with E-state index < -0.39 is 11.6 Å². The average molecular weight is 295 g/mol. The molecule has 0 aromatic heterocycles. The first-order valence-electron chi connectivity index (χ1n) is 7.12. The minimum Gasteiger partial charge on any atom is -0.396 e. The van der Waals surface area contributed by atoms with Crippen LogP contribution >= 0.6 is 0 Å². The van der Waals surface area contributed by atoms with Crippen molar-refractivity contribution in [1.29, 1.82) is 0 Å². The standard InChI is InChI=1S/C16H19F2NO2/c17-14-9-13(10-15(18)11-14)1-2-16(21)19-6-3-12(4-7-19)5-8-20/h1-2,9-12,20H,3-8H2. The van der Waals surface area contributed by atoms with Crippen LogP contribution in [0.4, 0.5) is 8.78 Å². The highest BCUT2D eigenvalue weighted by Gasteiger charge is 2.20. The number of hydrogen-bond donors (Lipinski definition) is 1. The quantitative estimate of drug-likeness (QED) is 0.867. The van der Waals surface area contributed by atoms with Gasteiger partial charge in [0.25, 0.3) is 0 Å². The van der Waals surface area contributed by atoms with Crippen molar-refractivity contribution >= 4 is 12.0 Å². The highest BCUT2D eigenvalue weighted by Crippen LogP contribution is 2.20. The summed E-state index contributed by atoms with van der Waals surface area (Å²) in [5.41, 5.74) is 0.330. The number of amides is 1. The molecule has 1 amide bonds. The molecule has 1 heterocycles. The Labute approximate surface area is 122 Å². The SMILES string of the molecule is O=C(C=Cc1cc(F)cc(F)c1)N1CCC(CCO)CC1. The third-order valence-corrected chi connectivity index (χ3v) is 3.77. The van der Waals surface area contributed by atoms with Crippen molar-refractivity contribution in [2.24, 2.45) is 5.92 Å². The largest absolute Gasteiger partial charge is 0.396 e. The van der Waals surface area contributed by atoms with E-state index in [1.54, 1.807) is 4.90 Å². The third kappa shape index (κ3) is 4.63. The normalized spacial score (nSPS) is 16.6. The van der Waals surface area contributed by atoms with Crippen molar-refractivity contribution in [2.45, 2.75) is 19.3 Å². The molecule has 1 aromatic carbocycles. The molecule has 1 aliphatic rings. The molecule has 0 spiro atoms. The van der Waals surface area contributed by atoms with E-state index in [-0.39, 0.29) is 12.5 Å². The summed E-state index contributed by atoms with van der Waals surface area (Å²) in [4.78, 5) is 13.7. The van der Waals surface area contributed by atoms with Gasteiger partial charge in [-0.2, -0.15) is 0 Å². The first kappa shape index (κ1) is 15.6. The predicted molar refractivity (Wildman–Crippen MR) is 76.4 cm³/mol. The number of likely N-dealkylation sites (tertiary alicyclic amines) is 1. The summed E-state index contributed by atoms with van der Waals surface area (Å²) in [7, 11) is 0. The second-order valence-electron chi connectivity index (χ2n) is 5.32. The van der Waals surface area contributed by atoms with E-state index in [1.807, 2.05) is 0 Å². The number of rotatable bonds is 4. The van der Waals surface area contributed by atoms with Crippen LogP contribution in [0.2, 0.25) is 0 Å². The molecule has 1 fully saturated rings. The van der Waals surface area contributed by atoms with Gasteiger partial charge >= 0.3 is 0 Å². The van der Waals surface area contributed by atoms with Crippen LogP contribution < -0.4 is 0 Å². The van der Waals surface area contributed by atoms with Crippen LogP contribution in [0.3, 0.4) is 0 Å². The topological polar surface area (TPSA) is 40.5 Å². The van der Waals surface area contributed by atoms with E-state index in [4.69, 9.17) is 5.11 Å². The van der Waals surface area contributed by atoms with Crippen molar-refractivity contribution < 1.29 is 18.7 Å². The maximum Gasteiger partial charge on any atom is 0.246 e. The highest BCUT2D eigenvalue weighted by molar-refractivity contribution is 5.91. The second kappa shape index (κ2) is 7.31. The van der Waals surface area contributed by atoms with Gasteiger partial charge in [0.1, 0.15) is 11.6 Å².